The summed E-state index contributed by atoms with van der Waals surface area (Å²) in [5, 5.41) is 0. The molecule has 1 aliphatic heterocycles. The zero-order chi connectivity index (χ0) is 14.0. The fourth-order valence-corrected chi connectivity index (χ4v) is 2.96. The summed E-state index contributed by atoms with van der Waals surface area (Å²) in [7, 11) is 4.33. The van der Waals surface area contributed by atoms with Crippen molar-refractivity contribution in [2.45, 2.75) is 25.8 Å². The third-order valence-electron chi connectivity index (χ3n) is 3.99. The molecule has 0 aliphatic carbocycles. The van der Waals surface area contributed by atoms with Gasteiger partial charge in [-0.3, -0.25) is 0 Å². The fourth-order valence-electron chi connectivity index (χ4n) is 2.79. The topological polar surface area (TPSA) is 32.5 Å². The molecular formula is C15H23N3S. The maximum Gasteiger partial charge on any atom is 0.106 e. The van der Waals surface area contributed by atoms with E-state index in [1.54, 1.807) is 0 Å². The van der Waals surface area contributed by atoms with Gasteiger partial charge in [-0.05, 0) is 51.1 Å². The first-order valence-corrected chi connectivity index (χ1v) is 7.21. The van der Waals surface area contributed by atoms with Crippen LogP contribution in [0.1, 0.15) is 24.0 Å². The van der Waals surface area contributed by atoms with Crippen LogP contribution < -0.4 is 10.6 Å². The lowest BCUT2D eigenvalue weighted by atomic mass is 10.1. The van der Waals surface area contributed by atoms with Crippen LogP contribution >= 0.6 is 12.2 Å². The molecule has 3 nitrogen and oxygen atoms in total. The second-order valence-electron chi connectivity index (χ2n) is 5.54. The Hall–Kier alpha value is -1.13. The minimum absolute atomic E-state index is 0.474. The molecule has 2 rings (SSSR count). The highest BCUT2D eigenvalue weighted by Crippen LogP contribution is 2.24. The number of anilines is 1. The van der Waals surface area contributed by atoms with Gasteiger partial charge in [0, 0.05) is 30.9 Å². The Kier molecular flexibility index (Phi) is 4.42. The van der Waals surface area contributed by atoms with E-state index in [-0.39, 0.29) is 0 Å². The van der Waals surface area contributed by atoms with Gasteiger partial charge in [-0.2, -0.15) is 0 Å². The van der Waals surface area contributed by atoms with Gasteiger partial charge >= 0.3 is 0 Å². The van der Waals surface area contributed by atoms with E-state index in [1.807, 2.05) is 6.07 Å². The maximum atomic E-state index is 5.83. The number of thiocarbonyl (C=S) groups is 1. The number of nitrogens with zero attached hydrogens (tertiary/aromatic N) is 2. The number of nitrogens with two attached hydrogens (primary N) is 1. The molecule has 1 atom stereocenters. The van der Waals surface area contributed by atoms with Crippen LogP contribution in [0.3, 0.4) is 0 Å². The van der Waals surface area contributed by atoms with Crippen LogP contribution in [0.25, 0.3) is 0 Å². The van der Waals surface area contributed by atoms with Gasteiger partial charge in [0.05, 0.1) is 0 Å². The highest BCUT2D eigenvalue weighted by Gasteiger charge is 2.23. The van der Waals surface area contributed by atoms with Crippen molar-refractivity contribution in [1.82, 2.24) is 4.90 Å². The molecule has 1 fully saturated rings. The number of aryl methyl sites for hydroxylation is 1. The maximum absolute atomic E-state index is 5.83. The van der Waals surface area contributed by atoms with Crippen molar-refractivity contribution in [3.8, 4) is 0 Å². The molecule has 0 aromatic heterocycles. The highest BCUT2D eigenvalue weighted by atomic mass is 32.1. The van der Waals surface area contributed by atoms with E-state index < -0.39 is 0 Å². The van der Waals surface area contributed by atoms with Gasteiger partial charge in [-0.1, -0.05) is 18.3 Å². The third-order valence-corrected chi connectivity index (χ3v) is 4.21. The second kappa shape index (κ2) is 5.88. The van der Waals surface area contributed by atoms with Crippen LogP contribution in [-0.4, -0.2) is 43.1 Å². The van der Waals surface area contributed by atoms with Crippen molar-refractivity contribution < 1.29 is 0 Å². The first kappa shape index (κ1) is 14.3. The summed E-state index contributed by atoms with van der Waals surface area (Å²) in [5.41, 5.74) is 9.19. The highest BCUT2D eigenvalue weighted by molar-refractivity contribution is 7.80. The summed E-state index contributed by atoms with van der Waals surface area (Å²) in [6, 6.07) is 6.89. The van der Waals surface area contributed by atoms with E-state index in [1.165, 1.54) is 24.9 Å². The average molecular weight is 277 g/mol. The molecule has 1 aromatic rings. The van der Waals surface area contributed by atoms with Gasteiger partial charge in [-0.25, -0.2) is 0 Å². The molecule has 0 saturated carbocycles. The monoisotopic (exact) mass is 277 g/mol. The summed E-state index contributed by atoms with van der Waals surface area (Å²) >= 11 is 5.16. The van der Waals surface area contributed by atoms with Gasteiger partial charge in [0.1, 0.15) is 4.99 Å². The van der Waals surface area contributed by atoms with E-state index >= 15 is 0 Å². The number of hydrogen-bond donors (Lipinski definition) is 1. The Morgan fingerprint density at radius 2 is 2.26 bits per heavy atom. The lowest BCUT2D eigenvalue weighted by molar-refractivity contribution is 0.314. The van der Waals surface area contributed by atoms with Crippen molar-refractivity contribution in [3.63, 3.8) is 0 Å². The smallest absolute Gasteiger partial charge is 0.106 e. The van der Waals surface area contributed by atoms with Crippen LogP contribution in [0.15, 0.2) is 18.2 Å². The number of likely N-dealkylation sites (N-methyl/N-ethyl adjacent to an activating group) is 2. The van der Waals surface area contributed by atoms with Crippen LogP contribution in [0.4, 0.5) is 5.69 Å². The van der Waals surface area contributed by atoms with E-state index in [0.29, 0.717) is 11.0 Å². The number of hydrogen-bond acceptors (Lipinski definition) is 3. The Morgan fingerprint density at radius 1 is 1.53 bits per heavy atom. The Balaban J connectivity index is 2.20. The Bertz CT molecular complexity index is 472. The molecular weight excluding hydrogens is 254 g/mol. The molecule has 1 heterocycles. The normalized spacial score (nSPS) is 19.6. The molecule has 19 heavy (non-hydrogen) atoms. The molecule has 104 valence electrons. The molecule has 0 spiro atoms. The molecule has 2 N–H and O–H groups in total. The summed E-state index contributed by atoms with van der Waals surface area (Å²) in [6.07, 6.45) is 2.57. The quantitative estimate of drug-likeness (QED) is 0.855. The minimum atomic E-state index is 0.474. The number of benzene rings is 1. The molecule has 1 aromatic carbocycles. The summed E-state index contributed by atoms with van der Waals surface area (Å²) < 4.78 is 0. The van der Waals surface area contributed by atoms with Crippen molar-refractivity contribution in [3.05, 3.63) is 29.3 Å². The van der Waals surface area contributed by atoms with E-state index in [4.69, 9.17) is 18.0 Å². The zero-order valence-corrected chi connectivity index (χ0v) is 12.8. The standard InChI is InChI=1S/C15H23N3S/c1-11-6-7-13(15(16)19)14(9-11)18(3)10-12-5-4-8-17(12)2/h6-7,9,12H,4-5,8,10H2,1-3H3,(H2,16,19). The van der Waals surface area contributed by atoms with Gasteiger partial charge in [0.25, 0.3) is 0 Å². The predicted molar refractivity (Wildman–Crippen MR) is 86.0 cm³/mol. The van der Waals surface area contributed by atoms with Crippen LogP contribution in [0.2, 0.25) is 0 Å². The first-order chi connectivity index (χ1) is 8.99. The first-order valence-electron chi connectivity index (χ1n) is 6.81. The van der Waals surface area contributed by atoms with E-state index in [2.05, 4.69) is 43.0 Å². The van der Waals surface area contributed by atoms with Crippen molar-refractivity contribution in [2.24, 2.45) is 5.73 Å². The SMILES string of the molecule is Cc1ccc(C(N)=S)c(N(C)CC2CCCN2C)c1. The third kappa shape index (κ3) is 3.25. The summed E-state index contributed by atoms with van der Waals surface area (Å²) in [4.78, 5) is 5.20. The molecule has 1 unspecified atom stereocenters. The molecule has 1 aliphatic rings. The molecule has 0 radical (unpaired) electrons. The molecule has 1 saturated heterocycles. The second-order valence-corrected chi connectivity index (χ2v) is 5.98. The van der Waals surface area contributed by atoms with Crippen molar-refractivity contribution in [1.29, 1.82) is 0 Å². The van der Waals surface area contributed by atoms with Gasteiger partial charge in [-0.15, -0.1) is 0 Å². The lowest BCUT2D eigenvalue weighted by Gasteiger charge is -2.29. The predicted octanol–water partition coefficient (Wildman–Crippen LogP) is 2.16. The average Bonchev–Trinajstić information content (AvgIpc) is 2.74. The Labute approximate surface area is 121 Å². The van der Waals surface area contributed by atoms with Gasteiger partial charge < -0.3 is 15.5 Å². The summed E-state index contributed by atoms with van der Waals surface area (Å²) in [5.74, 6) is 0. The van der Waals surface area contributed by atoms with Crippen molar-refractivity contribution in [2.75, 3.05) is 32.1 Å². The van der Waals surface area contributed by atoms with Gasteiger partial charge in [0.15, 0.2) is 0 Å². The largest absolute Gasteiger partial charge is 0.389 e. The zero-order valence-electron chi connectivity index (χ0n) is 12.0. The summed E-state index contributed by atoms with van der Waals surface area (Å²) in [6.45, 7) is 4.33. The lowest BCUT2D eigenvalue weighted by Crippen LogP contribution is -2.37. The van der Waals surface area contributed by atoms with E-state index in [0.717, 1.165) is 17.8 Å². The van der Waals surface area contributed by atoms with E-state index in [9.17, 15) is 0 Å². The Morgan fingerprint density at radius 3 is 2.84 bits per heavy atom. The van der Waals surface area contributed by atoms with Crippen LogP contribution in [-0.2, 0) is 0 Å². The minimum Gasteiger partial charge on any atom is -0.389 e. The molecule has 0 bridgehead atoms. The van der Waals surface area contributed by atoms with Crippen LogP contribution in [0.5, 0.6) is 0 Å². The van der Waals surface area contributed by atoms with Crippen LogP contribution in [0, 0.1) is 6.92 Å². The molecule has 4 heteroatoms. The number of likely N-dealkylation sites (tertiary alicyclic amines) is 1. The fraction of sp³-hybridized carbons (Fsp3) is 0.533. The van der Waals surface area contributed by atoms with Gasteiger partial charge in [0.2, 0.25) is 0 Å². The van der Waals surface area contributed by atoms with Crippen molar-refractivity contribution >= 4 is 22.9 Å². The molecule has 0 amide bonds. The number of rotatable bonds is 4.